The minimum absolute atomic E-state index is 0.135. The van der Waals surface area contributed by atoms with E-state index in [1.807, 2.05) is 0 Å². The van der Waals surface area contributed by atoms with Gasteiger partial charge in [0.2, 0.25) is 0 Å². The second kappa shape index (κ2) is 6.18. The Bertz CT molecular complexity index is 479. The molecule has 2 bridgehead atoms. The van der Waals surface area contributed by atoms with Gasteiger partial charge in [-0.05, 0) is 32.1 Å². The van der Waals surface area contributed by atoms with Crippen molar-refractivity contribution >= 4 is 11.6 Å². The standard InChI is InChI=1S/C16H26N4O/c1-3-7-17-15-10-16(19-14(4-2)18-15)20-11-5-6-12(20)9-13(21)8-11/h10-13,21H,3-9H2,1-2H3,(H,17,18,19). The maximum atomic E-state index is 9.95. The van der Waals surface area contributed by atoms with Gasteiger partial charge in [0.1, 0.15) is 17.5 Å². The third kappa shape index (κ3) is 2.98. The van der Waals surface area contributed by atoms with E-state index in [1.165, 1.54) is 12.8 Å². The Morgan fingerprint density at radius 1 is 1.24 bits per heavy atom. The lowest BCUT2D eigenvalue weighted by molar-refractivity contribution is 0.126. The van der Waals surface area contributed by atoms with E-state index in [4.69, 9.17) is 4.98 Å². The quantitative estimate of drug-likeness (QED) is 0.871. The van der Waals surface area contributed by atoms with Crippen LogP contribution in [-0.2, 0) is 6.42 Å². The van der Waals surface area contributed by atoms with E-state index in [1.54, 1.807) is 0 Å². The molecule has 2 unspecified atom stereocenters. The SMILES string of the molecule is CCCNc1cc(N2C3CCC2CC(O)C3)nc(CC)n1. The van der Waals surface area contributed by atoms with Gasteiger partial charge in [-0.1, -0.05) is 13.8 Å². The van der Waals surface area contributed by atoms with Gasteiger partial charge in [-0.25, -0.2) is 9.97 Å². The zero-order valence-electron chi connectivity index (χ0n) is 13.0. The molecule has 3 rings (SSSR count). The molecule has 2 saturated heterocycles. The normalized spacial score (nSPS) is 28.0. The first kappa shape index (κ1) is 14.6. The van der Waals surface area contributed by atoms with Gasteiger partial charge in [-0.2, -0.15) is 0 Å². The van der Waals surface area contributed by atoms with Crippen LogP contribution in [0.25, 0.3) is 0 Å². The molecule has 116 valence electrons. The van der Waals surface area contributed by atoms with Gasteiger partial charge in [0.05, 0.1) is 6.10 Å². The minimum atomic E-state index is -0.135. The van der Waals surface area contributed by atoms with Crippen LogP contribution < -0.4 is 10.2 Å². The van der Waals surface area contributed by atoms with E-state index in [2.05, 4.69) is 35.1 Å². The first-order valence-electron chi connectivity index (χ1n) is 8.29. The van der Waals surface area contributed by atoms with E-state index in [0.29, 0.717) is 12.1 Å². The molecule has 0 aromatic carbocycles. The van der Waals surface area contributed by atoms with Crippen molar-refractivity contribution in [3.05, 3.63) is 11.9 Å². The summed E-state index contributed by atoms with van der Waals surface area (Å²) in [5.41, 5.74) is 0. The predicted molar refractivity (Wildman–Crippen MR) is 84.7 cm³/mol. The molecule has 3 heterocycles. The highest BCUT2D eigenvalue weighted by Crippen LogP contribution is 2.39. The van der Waals surface area contributed by atoms with Crippen LogP contribution in [0.2, 0.25) is 0 Å². The Hall–Kier alpha value is -1.36. The van der Waals surface area contributed by atoms with Crippen LogP contribution >= 0.6 is 0 Å². The number of nitrogens with zero attached hydrogens (tertiary/aromatic N) is 3. The van der Waals surface area contributed by atoms with Crippen molar-refractivity contribution in [1.29, 1.82) is 0 Å². The molecule has 0 aliphatic carbocycles. The summed E-state index contributed by atoms with van der Waals surface area (Å²) < 4.78 is 0. The molecule has 0 spiro atoms. The number of aliphatic hydroxyl groups excluding tert-OH is 1. The number of hydrogen-bond donors (Lipinski definition) is 2. The van der Waals surface area contributed by atoms with Gasteiger partial charge < -0.3 is 15.3 Å². The smallest absolute Gasteiger partial charge is 0.134 e. The molecule has 0 radical (unpaired) electrons. The van der Waals surface area contributed by atoms with Crippen LogP contribution in [0.4, 0.5) is 11.6 Å². The van der Waals surface area contributed by atoms with Crippen molar-refractivity contribution in [2.45, 2.75) is 70.6 Å². The van der Waals surface area contributed by atoms with E-state index in [-0.39, 0.29) is 6.10 Å². The minimum Gasteiger partial charge on any atom is -0.393 e. The Balaban J connectivity index is 1.87. The maximum Gasteiger partial charge on any atom is 0.134 e. The second-order valence-electron chi connectivity index (χ2n) is 6.23. The number of aliphatic hydroxyl groups is 1. The van der Waals surface area contributed by atoms with Gasteiger partial charge >= 0.3 is 0 Å². The molecular weight excluding hydrogens is 264 g/mol. The highest BCUT2D eigenvalue weighted by molar-refractivity contribution is 5.52. The summed E-state index contributed by atoms with van der Waals surface area (Å²) in [4.78, 5) is 11.7. The zero-order chi connectivity index (χ0) is 14.8. The number of piperidine rings is 1. The van der Waals surface area contributed by atoms with Gasteiger partial charge in [0.25, 0.3) is 0 Å². The zero-order valence-corrected chi connectivity index (χ0v) is 13.0. The van der Waals surface area contributed by atoms with E-state index in [9.17, 15) is 5.11 Å². The van der Waals surface area contributed by atoms with Crippen molar-refractivity contribution < 1.29 is 5.11 Å². The first-order chi connectivity index (χ1) is 10.2. The first-order valence-corrected chi connectivity index (χ1v) is 8.29. The molecule has 1 aromatic heterocycles. The third-order valence-electron chi connectivity index (χ3n) is 4.60. The average Bonchev–Trinajstić information content (AvgIpc) is 2.76. The lowest BCUT2D eigenvalue weighted by Gasteiger charge is -2.38. The number of aryl methyl sites for hydroxylation is 1. The van der Waals surface area contributed by atoms with Crippen LogP contribution in [0.5, 0.6) is 0 Å². The summed E-state index contributed by atoms with van der Waals surface area (Å²) >= 11 is 0. The monoisotopic (exact) mass is 290 g/mol. The molecule has 21 heavy (non-hydrogen) atoms. The van der Waals surface area contributed by atoms with Gasteiger partial charge in [-0.15, -0.1) is 0 Å². The third-order valence-corrected chi connectivity index (χ3v) is 4.60. The van der Waals surface area contributed by atoms with E-state index < -0.39 is 0 Å². The molecule has 1 aromatic rings. The van der Waals surface area contributed by atoms with Crippen molar-refractivity contribution in [1.82, 2.24) is 9.97 Å². The fraction of sp³-hybridized carbons (Fsp3) is 0.750. The predicted octanol–water partition coefficient (Wildman–Crippen LogP) is 2.35. The lowest BCUT2D eigenvalue weighted by Crippen LogP contribution is -2.45. The van der Waals surface area contributed by atoms with Crippen LogP contribution in [-0.4, -0.2) is 39.8 Å². The fourth-order valence-electron chi connectivity index (χ4n) is 3.64. The average molecular weight is 290 g/mol. The van der Waals surface area contributed by atoms with Crippen LogP contribution in [0.1, 0.15) is 51.8 Å². The molecule has 5 nitrogen and oxygen atoms in total. The maximum absolute atomic E-state index is 9.95. The second-order valence-corrected chi connectivity index (χ2v) is 6.23. The Labute approximate surface area is 126 Å². The number of hydrogen-bond acceptors (Lipinski definition) is 5. The van der Waals surface area contributed by atoms with Crippen molar-refractivity contribution in [2.24, 2.45) is 0 Å². The topological polar surface area (TPSA) is 61.3 Å². The highest BCUT2D eigenvalue weighted by Gasteiger charge is 2.41. The summed E-state index contributed by atoms with van der Waals surface area (Å²) in [6.07, 6.45) is 5.89. The number of anilines is 2. The van der Waals surface area contributed by atoms with Crippen molar-refractivity contribution in [3.8, 4) is 0 Å². The van der Waals surface area contributed by atoms with Crippen LogP contribution in [0.15, 0.2) is 6.07 Å². The number of rotatable bonds is 5. The van der Waals surface area contributed by atoms with E-state index in [0.717, 1.165) is 49.7 Å². The molecule has 2 aliphatic rings. The summed E-state index contributed by atoms with van der Waals surface area (Å²) in [5.74, 6) is 2.88. The van der Waals surface area contributed by atoms with Gasteiger partial charge in [-0.3, -0.25) is 0 Å². The molecule has 2 aliphatic heterocycles. The summed E-state index contributed by atoms with van der Waals surface area (Å²) in [6.45, 7) is 5.19. The van der Waals surface area contributed by atoms with E-state index >= 15 is 0 Å². The summed E-state index contributed by atoms with van der Waals surface area (Å²) in [6, 6.07) is 2.97. The van der Waals surface area contributed by atoms with Gasteiger partial charge in [0.15, 0.2) is 0 Å². The fourth-order valence-corrected chi connectivity index (χ4v) is 3.64. The molecule has 2 atom stereocenters. The van der Waals surface area contributed by atoms with Gasteiger partial charge in [0, 0.05) is 31.1 Å². The molecule has 0 amide bonds. The van der Waals surface area contributed by atoms with Crippen molar-refractivity contribution in [3.63, 3.8) is 0 Å². The summed E-state index contributed by atoms with van der Waals surface area (Å²) in [7, 11) is 0. The number of fused-ring (bicyclic) bond motifs is 2. The van der Waals surface area contributed by atoms with Crippen LogP contribution in [0, 0.1) is 0 Å². The number of nitrogens with one attached hydrogen (secondary N) is 1. The Morgan fingerprint density at radius 3 is 2.57 bits per heavy atom. The largest absolute Gasteiger partial charge is 0.393 e. The molecule has 2 fully saturated rings. The lowest BCUT2D eigenvalue weighted by atomic mass is 10.00. The molecule has 0 saturated carbocycles. The molecular formula is C16H26N4O. The number of aromatic nitrogens is 2. The molecule has 2 N–H and O–H groups in total. The Kier molecular flexibility index (Phi) is 4.29. The molecule has 5 heteroatoms. The Morgan fingerprint density at radius 2 is 1.95 bits per heavy atom. The van der Waals surface area contributed by atoms with Crippen molar-refractivity contribution in [2.75, 3.05) is 16.8 Å². The van der Waals surface area contributed by atoms with Crippen LogP contribution in [0.3, 0.4) is 0 Å². The summed E-state index contributed by atoms with van der Waals surface area (Å²) in [5, 5.41) is 13.3. The highest BCUT2D eigenvalue weighted by atomic mass is 16.3.